The van der Waals surface area contributed by atoms with Gasteiger partial charge in [-0.3, -0.25) is 4.79 Å². The Balaban J connectivity index is 2.48. The molecule has 8 heteroatoms. The lowest BCUT2D eigenvalue weighted by atomic mass is 9.90. The number of nitrogens with two attached hydrogens (primary N) is 1. The maximum absolute atomic E-state index is 13.0. The summed E-state index contributed by atoms with van der Waals surface area (Å²) in [5, 5.41) is 17.2. The summed E-state index contributed by atoms with van der Waals surface area (Å²) in [5.74, 6) is -0.440. The SMILES string of the molecule is CC(C)c1cc(C#N)nc(C(C)C)c1CC(=O)N=S(N)(=O)c1cc(C(C)(C)C)cs1. The number of nitriles is 1. The van der Waals surface area contributed by atoms with Crippen molar-refractivity contribution in [2.75, 3.05) is 0 Å². The molecule has 1 atom stereocenters. The predicted octanol–water partition coefficient (Wildman–Crippen LogP) is 5.03. The van der Waals surface area contributed by atoms with Crippen molar-refractivity contribution < 1.29 is 9.00 Å². The number of hydrogen-bond acceptors (Lipinski definition) is 5. The molecule has 0 saturated heterocycles. The van der Waals surface area contributed by atoms with E-state index in [1.54, 1.807) is 12.1 Å². The zero-order valence-electron chi connectivity index (χ0n) is 18.6. The lowest BCUT2D eigenvalue weighted by molar-refractivity contribution is -0.117. The summed E-state index contributed by atoms with van der Waals surface area (Å²) in [6.07, 6.45) is -0.0502. The van der Waals surface area contributed by atoms with Crippen LogP contribution >= 0.6 is 11.3 Å². The number of amides is 1. The quantitative estimate of drug-likeness (QED) is 0.694. The van der Waals surface area contributed by atoms with Gasteiger partial charge in [0.2, 0.25) is 0 Å². The fourth-order valence-electron chi connectivity index (χ4n) is 3.10. The van der Waals surface area contributed by atoms with Gasteiger partial charge in [0.05, 0.1) is 6.42 Å². The third-order valence-corrected chi connectivity index (χ3v) is 7.67. The van der Waals surface area contributed by atoms with E-state index >= 15 is 0 Å². The predicted molar refractivity (Wildman–Crippen MR) is 122 cm³/mol. The van der Waals surface area contributed by atoms with Crippen LogP contribution < -0.4 is 5.14 Å². The molecule has 2 aromatic rings. The first kappa shape index (κ1) is 24.2. The Labute approximate surface area is 183 Å². The van der Waals surface area contributed by atoms with E-state index in [1.807, 2.05) is 33.1 Å². The second kappa shape index (κ2) is 8.96. The molecule has 162 valence electrons. The summed E-state index contributed by atoms with van der Waals surface area (Å²) in [7, 11) is -3.33. The van der Waals surface area contributed by atoms with Crippen molar-refractivity contribution in [1.29, 1.82) is 5.26 Å². The van der Waals surface area contributed by atoms with Crippen LogP contribution in [0.5, 0.6) is 0 Å². The molecule has 0 fully saturated rings. The number of nitrogens with zero attached hydrogens (tertiary/aromatic N) is 3. The number of carbonyl (C=O) groups is 1. The molecule has 2 N–H and O–H groups in total. The van der Waals surface area contributed by atoms with Gasteiger partial charge in [0, 0.05) is 5.69 Å². The summed E-state index contributed by atoms with van der Waals surface area (Å²) < 4.78 is 17.3. The molecule has 2 aromatic heterocycles. The molecule has 0 bridgehead atoms. The van der Waals surface area contributed by atoms with E-state index in [-0.39, 0.29) is 23.7 Å². The van der Waals surface area contributed by atoms with Crippen LogP contribution in [-0.2, 0) is 26.5 Å². The lowest BCUT2D eigenvalue weighted by Crippen LogP contribution is -2.17. The smallest absolute Gasteiger partial charge is 0.259 e. The van der Waals surface area contributed by atoms with Crippen molar-refractivity contribution in [3.05, 3.63) is 45.6 Å². The van der Waals surface area contributed by atoms with Crippen LogP contribution in [0.3, 0.4) is 0 Å². The van der Waals surface area contributed by atoms with E-state index < -0.39 is 15.8 Å². The van der Waals surface area contributed by atoms with Gasteiger partial charge in [0.25, 0.3) is 5.91 Å². The molecule has 0 aliphatic carbocycles. The maximum atomic E-state index is 13.0. The Hall–Kier alpha value is -2.08. The third-order valence-electron chi connectivity index (χ3n) is 4.77. The Morgan fingerprint density at radius 2 is 1.90 bits per heavy atom. The van der Waals surface area contributed by atoms with Crippen molar-refractivity contribution in [2.45, 2.75) is 76.3 Å². The first-order chi connectivity index (χ1) is 13.8. The topological polar surface area (TPSA) is 109 Å². The number of carbonyl (C=O) groups excluding carboxylic acids is 1. The largest absolute Gasteiger partial charge is 0.272 e. The van der Waals surface area contributed by atoms with Gasteiger partial charge in [0.1, 0.15) is 16.0 Å². The van der Waals surface area contributed by atoms with Crippen LogP contribution in [0.4, 0.5) is 0 Å². The van der Waals surface area contributed by atoms with Crippen LogP contribution in [0.15, 0.2) is 26.1 Å². The summed E-state index contributed by atoms with van der Waals surface area (Å²) in [6.45, 7) is 14.1. The third kappa shape index (κ3) is 5.54. The van der Waals surface area contributed by atoms with E-state index in [0.717, 1.165) is 16.7 Å². The van der Waals surface area contributed by atoms with Gasteiger partial charge in [-0.1, -0.05) is 48.5 Å². The van der Waals surface area contributed by atoms with Crippen molar-refractivity contribution >= 4 is 27.2 Å². The number of aromatic nitrogens is 1. The monoisotopic (exact) mass is 446 g/mol. The first-order valence-corrected chi connectivity index (χ1v) is 12.3. The van der Waals surface area contributed by atoms with Crippen molar-refractivity contribution in [3.63, 3.8) is 0 Å². The van der Waals surface area contributed by atoms with Gasteiger partial charge in [-0.15, -0.1) is 15.7 Å². The molecule has 0 saturated carbocycles. The molecular formula is C22H30N4O2S2. The molecule has 1 amide bonds. The normalized spacial score (nSPS) is 13.9. The van der Waals surface area contributed by atoms with Crippen LogP contribution in [-0.4, -0.2) is 15.1 Å². The average molecular weight is 447 g/mol. The molecule has 0 aliphatic heterocycles. The lowest BCUT2D eigenvalue weighted by Gasteiger charge is -2.18. The zero-order valence-corrected chi connectivity index (χ0v) is 20.3. The first-order valence-electron chi connectivity index (χ1n) is 9.86. The fraction of sp³-hybridized carbons (Fsp3) is 0.500. The molecule has 0 aromatic carbocycles. The fourth-order valence-corrected chi connectivity index (χ4v) is 5.52. The zero-order chi connectivity index (χ0) is 22.9. The number of rotatable bonds is 5. The molecule has 0 spiro atoms. The molecule has 6 nitrogen and oxygen atoms in total. The van der Waals surface area contributed by atoms with Gasteiger partial charge in [0.15, 0.2) is 9.92 Å². The Morgan fingerprint density at radius 3 is 2.37 bits per heavy atom. The molecule has 30 heavy (non-hydrogen) atoms. The van der Waals surface area contributed by atoms with Crippen LogP contribution in [0.1, 0.15) is 88.4 Å². The highest BCUT2D eigenvalue weighted by Crippen LogP contribution is 2.31. The Morgan fingerprint density at radius 1 is 1.27 bits per heavy atom. The number of thiophene rings is 1. The minimum atomic E-state index is -3.33. The Bertz CT molecular complexity index is 1080. The van der Waals surface area contributed by atoms with Crippen LogP contribution in [0.25, 0.3) is 0 Å². The highest BCUT2D eigenvalue weighted by Gasteiger charge is 2.22. The number of pyridine rings is 1. The van der Waals surface area contributed by atoms with Gasteiger partial charge in [-0.2, -0.15) is 5.26 Å². The van der Waals surface area contributed by atoms with E-state index in [9.17, 15) is 14.3 Å². The summed E-state index contributed by atoms with van der Waals surface area (Å²) in [5.41, 5.74) is 3.53. The van der Waals surface area contributed by atoms with E-state index in [2.05, 4.69) is 36.2 Å². The maximum Gasteiger partial charge on any atom is 0.259 e. The van der Waals surface area contributed by atoms with Gasteiger partial charge >= 0.3 is 0 Å². The molecule has 0 radical (unpaired) electrons. The minimum Gasteiger partial charge on any atom is -0.272 e. The standard InChI is InChI=1S/C22H30N4O2S2/c1-13(2)17-9-16(11-23)25-21(14(3)4)18(17)10-19(27)26-30(24,28)20-8-15(12-29-20)22(5,6)7/h8-9,12-14H,10H2,1-7H3,(H2,24,26,27,28). The number of hydrogen-bond donors (Lipinski definition) is 1. The molecule has 0 aliphatic rings. The minimum absolute atomic E-state index is 0.0208. The highest BCUT2D eigenvalue weighted by molar-refractivity contribution is 7.93. The Kier molecular flexibility index (Phi) is 7.23. The molecular weight excluding hydrogens is 416 g/mol. The second-order valence-corrected chi connectivity index (χ2v) is 11.9. The van der Waals surface area contributed by atoms with Crippen molar-refractivity contribution in [3.8, 4) is 6.07 Å². The van der Waals surface area contributed by atoms with E-state index in [0.29, 0.717) is 15.6 Å². The van der Waals surface area contributed by atoms with E-state index in [4.69, 9.17) is 5.14 Å². The van der Waals surface area contributed by atoms with Crippen molar-refractivity contribution in [1.82, 2.24) is 4.98 Å². The van der Waals surface area contributed by atoms with Crippen LogP contribution in [0, 0.1) is 11.3 Å². The summed E-state index contributed by atoms with van der Waals surface area (Å²) in [4.78, 5) is 17.2. The van der Waals surface area contributed by atoms with Gasteiger partial charge in [-0.05, 0) is 51.5 Å². The summed E-state index contributed by atoms with van der Waals surface area (Å²) in [6, 6.07) is 5.57. The molecule has 2 rings (SSSR count). The average Bonchev–Trinajstić information content (AvgIpc) is 3.12. The molecule has 2 heterocycles. The van der Waals surface area contributed by atoms with Gasteiger partial charge in [-0.25, -0.2) is 14.3 Å². The molecule has 1 unspecified atom stereocenters. The second-order valence-electron chi connectivity index (χ2n) is 9.02. The van der Waals surface area contributed by atoms with E-state index in [1.165, 1.54) is 11.3 Å². The summed E-state index contributed by atoms with van der Waals surface area (Å²) >= 11 is 1.26. The van der Waals surface area contributed by atoms with Crippen molar-refractivity contribution in [2.24, 2.45) is 9.50 Å². The highest BCUT2D eigenvalue weighted by atomic mass is 32.2. The van der Waals surface area contributed by atoms with Crippen LogP contribution in [0.2, 0.25) is 0 Å². The van der Waals surface area contributed by atoms with Gasteiger partial charge < -0.3 is 0 Å².